The monoisotopic (exact) mass is 248 g/mol. The number of nitrogens with two attached hydrogens (primary N) is 1. The van der Waals surface area contributed by atoms with Crippen LogP contribution in [0.1, 0.15) is 33.3 Å². The number of carbonyl (C=O) groups is 1. The molecule has 18 heavy (non-hydrogen) atoms. The molecule has 0 bridgehead atoms. The van der Waals surface area contributed by atoms with Gasteiger partial charge >= 0.3 is 0 Å². The normalized spacial score (nSPS) is 13.2. The Labute approximate surface area is 110 Å². The summed E-state index contributed by atoms with van der Waals surface area (Å²) >= 11 is 0. The van der Waals surface area contributed by atoms with E-state index in [0.29, 0.717) is 13.1 Å². The number of benzene rings is 1. The van der Waals surface area contributed by atoms with Crippen LogP contribution in [0.2, 0.25) is 0 Å². The first-order chi connectivity index (χ1) is 8.36. The van der Waals surface area contributed by atoms with E-state index in [1.165, 1.54) is 0 Å². The maximum Gasteiger partial charge on any atom is 0.240 e. The van der Waals surface area contributed by atoms with Crippen LogP contribution in [0.25, 0.3) is 0 Å². The summed E-state index contributed by atoms with van der Waals surface area (Å²) in [5, 5.41) is 0. The van der Waals surface area contributed by atoms with Crippen molar-refractivity contribution < 1.29 is 4.79 Å². The van der Waals surface area contributed by atoms with Gasteiger partial charge in [-0.25, -0.2) is 0 Å². The fourth-order valence-corrected chi connectivity index (χ4v) is 1.72. The van der Waals surface area contributed by atoms with Gasteiger partial charge in [0.25, 0.3) is 0 Å². The lowest BCUT2D eigenvalue weighted by Crippen LogP contribution is -2.50. The zero-order valence-electron chi connectivity index (χ0n) is 11.8. The van der Waals surface area contributed by atoms with Crippen molar-refractivity contribution in [3.05, 3.63) is 35.9 Å². The van der Waals surface area contributed by atoms with Crippen LogP contribution in [0.5, 0.6) is 0 Å². The van der Waals surface area contributed by atoms with E-state index in [9.17, 15) is 4.79 Å². The number of likely N-dealkylation sites (N-methyl/N-ethyl adjacent to an activating group) is 1. The number of amides is 1. The predicted octanol–water partition coefficient (Wildman–Crippen LogP) is 2.41. The van der Waals surface area contributed by atoms with Gasteiger partial charge in [0.2, 0.25) is 5.91 Å². The Kier molecular flexibility index (Phi) is 4.91. The molecule has 1 aromatic carbocycles. The molecule has 2 N–H and O–H groups in total. The molecule has 3 heteroatoms. The minimum absolute atomic E-state index is 0.0221. The molecule has 1 amide bonds. The van der Waals surface area contributed by atoms with Gasteiger partial charge in [0.15, 0.2) is 0 Å². The molecular weight excluding hydrogens is 224 g/mol. The Bertz CT molecular complexity index is 381. The van der Waals surface area contributed by atoms with Crippen molar-refractivity contribution in [3.8, 4) is 0 Å². The van der Waals surface area contributed by atoms with Crippen molar-refractivity contribution in [3.63, 3.8) is 0 Å². The van der Waals surface area contributed by atoms with Crippen molar-refractivity contribution in [1.82, 2.24) is 4.90 Å². The lowest BCUT2D eigenvalue weighted by atomic mass is 9.86. The summed E-state index contributed by atoms with van der Waals surface area (Å²) in [6.07, 6.45) is 0. The van der Waals surface area contributed by atoms with Gasteiger partial charge in [0.1, 0.15) is 0 Å². The van der Waals surface area contributed by atoms with E-state index in [-0.39, 0.29) is 11.3 Å². The van der Waals surface area contributed by atoms with E-state index >= 15 is 0 Å². The molecule has 0 fully saturated rings. The molecular formula is C15H24N2O. The lowest BCUT2D eigenvalue weighted by molar-refractivity contribution is -0.135. The van der Waals surface area contributed by atoms with Crippen molar-refractivity contribution in [1.29, 1.82) is 0 Å². The number of hydrogen-bond acceptors (Lipinski definition) is 2. The molecule has 0 unspecified atom stereocenters. The first-order valence-corrected chi connectivity index (χ1v) is 6.44. The quantitative estimate of drug-likeness (QED) is 0.889. The van der Waals surface area contributed by atoms with Crippen molar-refractivity contribution in [2.45, 2.75) is 40.3 Å². The van der Waals surface area contributed by atoms with E-state index in [0.717, 1.165) is 5.56 Å². The molecule has 0 aromatic heterocycles. The van der Waals surface area contributed by atoms with Gasteiger partial charge < -0.3 is 10.6 Å². The van der Waals surface area contributed by atoms with E-state index in [1.807, 2.05) is 62.9 Å². The highest BCUT2D eigenvalue weighted by Gasteiger charge is 2.30. The summed E-state index contributed by atoms with van der Waals surface area (Å²) in [5.41, 5.74) is 6.96. The second kappa shape index (κ2) is 6.01. The highest BCUT2D eigenvalue weighted by molar-refractivity contribution is 5.82. The van der Waals surface area contributed by atoms with E-state index in [1.54, 1.807) is 0 Å². The predicted molar refractivity (Wildman–Crippen MR) is 75.0 cm³/mol. The van der Waals surface area contributed by atoms with Crippen LogP contribution in [0.3, 0.4) is 0 Å². The maximum atomic E-state index is 12.3. The third-order valence-electron chi connectivity index (χ3n) is 3.11. The Hall–Kier alpha value is -1.35. The molecule has 0 saturated heterocycles. The van der Waals surface area contributed by atoms with Crippen molar-refractivity contribution >= 4 is 5.91 Å². The number of rotatable bonds is 4. The topological polar surface area (TPSA) is 46.3 Å². The first-order valence-electron chi connectivity index (χ1n) is 6.44. The van der Waals surface area contributed by atoms with Crippen LogP contribution in [-0.2, 0) is 11.3 Å². The molecule has 1 aromatic rings. The second-order valence-electron chi connectivity index (χ2n) is 5.68. The lowest BCUT2D eigenvalue weighted by Gasteiger charge is -2.31. The fraction of sp³-hybridized carbons (Fsp3) is 0.533. The van der Waals surface area contributed by atoms with Gasteiger partial charge in [-0.05, 0) is 17.9 Å². The van der Waals surface area contributed by atoms with Crippen molar-refractivity contribution in [2.24, 2.45) is 11.1 Å². The van der Waals surface area contributed by atoms with Crippen LogP contribution in [0.15, 0.2) is 30.3 Å². The standard InChI is InChI=1S/C15H24N2O/c1-5-17(11-12-9-7-6-8-10-12)14(18)13(16)15(2,3)4/h6-10,13H,5,11,16H2,1-4H3/t13-/m0/s1. The van der Waals surface area contributed by atoms with Gasteiger partial charge in [-0.2, -0.15) is 0 Å². The van der Waals surface area contributed by atoms with Crippen molar-refractivity contribution in [2.75, 3.05) is 6.54 Å². The number of carbonyl (C=O) groups excluding carboxylic acids is 1. The fourth-order valence-electron chi connectivity index (χ4n) is 1.72. The first kappa shape index (κ1) is 14.7. The number of nitrogens with zero attached hydrogens (tertiary/aromatic N) is 1. The molecule has 1 atom stereocenters. The molecule has 3 nitrogen and oxygen atoms in total. The minimum Gasteiger partial charge on any atom is -0.337 e. The summed E-state index contributed by atoms with van der Waals surface area (Å²) in [7, 11) is 0. The molecule has 0 aliphatic carbocycles. The third-order valence-corrected chi connectivity index (χ3v) is 3.11. The average molecular weight is 248 g/mol. The molecule has 0 spiro atoms. The molecule has 0 radical (unpaired) electrons. The SMILES string of the molecule is CCN(Cc1ccccc1)C(=O)[C@H](N)C(C)(C)C. The largest absolute Gasteiger partial charge is 0.337 e. The minimum atomic E-state index is -0.457. The zero-order chi connectivity index (χ0) is 13.8. The van der Waals surface area contributed by atoms with Crippen LogP contribution < -0.4 is 5.73 Å². The summed E-state index contributed by atoms with van der Waals surface area (Å²) in [6.45, 7) is 9.26. The maximum absolute atomic E-state index is 12.3. The molecule has 0 aliphatic rings. The summed E-state index contributed by atoms with van der Waals surface area (Å²) in [6, 6.07) is 9.54. The van der Waals surface area contributed by atoms with E-state index < -0.39 is 6.04 Å². The Morgan fingerprint density at radius 3 is 2.28 bits per heavy atom. The summed E-state index contributed by atoms with van der Waals surface area (Å²) in [4.78, 5) is 14.1. The van der Waals surface area contributed by atoms with E-state index in [2.05, 4.69) is 0 Å². The molecule has 100 valence electrons. The average Bonchev–Trinajstić information content (AvgIpc) is 2.34. The van der Waals surface area contributed by atoms with Gasteiger partial charge in [0.05, 0.1) is 6.04 Å². The zero-order valence-corrected chi connectivity index (χ0v) is 11.8. The van der Waals surface area contributed by atoms with Crippen LogP contribution in [0.4, 0.5) is 0 Å². The number of hydrogen-bond donors (Lipinski definition) is 1. The third kappa shape index (κ3) is 3.84. The smallest absolute Gasteiger partial charge is 0.240 e. The second-order valence-corrected chi connectivity index (χ2v) is 5.68. The van der Waals surface area contributed by atoms with Gasteiger partial charge in [-0.15, -0.1) is 0 Å². The van der Waals surface area contributed by atoms with Gasteiger partial charge in [-0.3, -0.25) is 4.79 Å². The van der Waals surface area contributed by atoms with Crippen LogP contribution >= 0.6 is 0 Å². The van der Waals surface area contributed by atoms with Gasteiger partial charge in [-0.1, -0.05) is 51.1 Å². The van der Waals surface area contributed by atoms with Crippen LogP contribution in [-0.4, -0.2) is 23.4 Å². The molecule has 0 aliphatic heterocycles. The Balaban J connectivity index is 2.75. The van der Waals surface area contributed by atoms with E-state index in [4.69, 9.17) is 5.73 Å². The molecule has 0 saturated carbocycles. The highest BCUT2D eigenvalue weighted by atomic mass is 16.2. The van der Waals surface area contributed by atoms with Gasteiger partial charge in [0, 0.05) is 13.1 Å². The summed E-state index contributed by atoms with van der Waals surface area (Å²) < 4.78 is 0. The Morgan fingerprint density at radius 2 is 1.83 bits per heavy atom. The summed E-state index contributed by atoms with van der Waals surface area (Å²) in [5.74, 6) is 0.0221. The highest BCUT2D eigenvalue weighted by Crippen LogP contribution is 2.19. The molecule has 0 heterocycles. The molecule has 1 rings (SSSR count). The Morgan fingerprint density at radius 1 is 1.28 bits per heavy atom. The van der Waals surface area contributed by atoms with Crippen LogP contribution in [0, 0.1) is 5.41 Å².